The molecule has 0 heterocycles. The lowest BCUT2D eigenvalue weighted by molar-refractivity contribution is 0.471. The second kappa shape index (κ2) is 5.47. The van der Waals surface area contributed by atoms with Crippen molar-refractivity contribution in [3.8, 4) is 0 Å². The van der Waals surface area contributed by atoms with Crippen molar-refractivity contribution in [3.63, 3.8) is 0 Å². The summed E-state index contributed by atoms with van der Waals surface area (Å²) in [5.74, 6) is 1.18. The van der Waals surface area contributed by atoms with E-state index in [1.807, 2.05) is 24.3 Å². The summed E-state index contributed by atoms with van der Waals surface area (Å²) in [5, 5.41) is 0. The van der Waals surface area contributed by atoms with Crippen molar-refractivity contribution in [3.05, 3.63) is 35.4 Å². The van der Waals surface area contributed by atoms with Crippen LogP contribution < -0.4 is 10.5 Å². The fourth-order valence-corrected chi connectivity index (χ4v) is 4.41. The third-order valence-electron chi connectivity index (χ3n) is 4.26. The average Bonchev–Trinajstić information content (AvgIpc) is 3.29. The molecule has 0 bridgehead atoms. The van der Waals surface area contributed by atoms with Gasteiger partial charge in [-0.25, -0.2) is 13.1 Å². The standard InChI is InChI=1S/C15H22N2O2S/c16-9-13-3-1-2-4-14(13)10-20(18,19)17-15(11-5-6-11)12-7-8-12/h1-4,11-12,15,17H,5-10,16H2. The van der Waals surface area contributed by atoms with Gasteiger partial charge in [0.05, 0.1) is 5.75 Å². The van der Waals surface area contributed by atoms with Gasteiger partial charge in [-0.15, -0.1) is 0 Å². The minimum atomic E-state index is -3.28. The number of rotatable bonds is 7. The van der Waals surface area contributed by atoms with E-state index < -0.39 is 10.0 Å². The molecule has 0 spiro atoms. The van der Waals surface area contributed by atoms with E-state index in [0.717, 1.165) is 11.1 Å². The van der Waals surface area contributed by atoms with Crippen molar-refractivity contribution < 1.29 is 8.42 Å². The molecule has 0 aliphatic heterocycles. The first-order valence-corrected chi connectivity index (χ1v) is 9.01. The molecule has 0 saturated heterocycles. The summed E-state index contributed by atoms with van der Waals surface area (Å²) >= 11 is 0. The molecule has 1 aromatic carbocycles. The maximum atomic E-state index is 12.4. The van der Waals surface area contributed by atoms with Gasteiger partial charge in [0.15, 0.2) is 0 Å². The van der Waals surface area contributed by atoms with E-state index in [-0.39, 0.29) is 11.8 Å². The Balaban J connectivity index is 1.71. The van der Waals surface area contributed by atoms with Gasteiger partial charge in [0.25, 0.3) is 0 Å². The highest BCUT2D eigenvalue weighted by Crippen LogP contribution is 2.44. The van der Waals surface area contributed by atoms with Gasteiger partial charge in [0.1, 0.15) is 0 Å². The molecule has 3 N–H and O–H groups in total. The van der Waals surface area contributed by atoms with Crippen LogP contribution in [0.4, 0.5) is 0 Å². The van der Waals surface area contributed by atoms with Crippen LogP contribution in [0.2, 0.25) is 0 Å². The van der Waals surface area contributed by atoms with Gasteiger partial charge in [-0.3, -0.25) is 0 Å². The van der Waals surface area contributed by atoms with Crippen LogP contribution in [0.15, 0.2) is 24.3 Å². The van der Waals surface area contributed by atoms with E-state index in [4.69, 9.17) is 5.73 Å². The predicted octanol–water partition coefficient (Wildman–Crippen LogP) is 1.75. The summed E-state index contributed by atoms with van der Waals surface area (Å²) in [6.45, 7) is 0.375. The Kier molecular flexibility index (Phi) is 3.84. The fourth-order valence-electron chi connectivity index (χ4n) is 2.84. The highest BCUT2D eigenvalue weighted by atomic mass is 32.2. The molecule has 2 aliphatic carbocycles. The lowest BCUT2D eigenvalue weighted by atomic mass is 10.1. The van der Waals surface area contributed by atoms with E-state index in [1.165, 1.54) is 25.7 Å². The summed E-state index contributed by atoms with van der Waals surface area (Å²) in [5.41, 5.74) is 7.39. The maximum Gasteiger partial charge on any atom is 0.216 e. The molecule has 0 aromatic heterocycles. The molecule has 110 valence electrons. The van der Waals surface area contributed by atoms with Crippen LogP contribution in [0, 0.1) is 11.8 Å². The highest BCUT2D eigenvalue weighted by Gasteiger charge is 2.43. The van der Waals surface area contributed by atoms with Crippen LogP contribution in [-0.2, 0) is 22.3 Å². The van der Waals surface area contributed by atoms with E-state index >= 15 is 0 Å². The molecule has 0 atom stereocenters. The number of nitrogens with one attached hydrogen (secondary N) is 1. The molecule has 20 heavy (non-hydrogen) atoms. The van der Waals surface area contributed by atoms with Gasteiger partial charge in [0, 0.05) is 12.6 Å². The fraction of sp³-hybridized carbons (Fsp3) is 0.600. The quantitative estimate of drug-likeness (QED) is 0.805. The van der Waals surface area contributed by atoms with Crippen LogP contribution in [0.5, 0.6) is 0 Å². The largest absolute Gasteiger partial charge is 0.326 e. The van der Waals surface area contributed by atoms with Gasteiger partial charge in [0.2, 0.25) is 10.0 Å². The average molecular weight is 294 g/mol. The molecule has 2 saturated carbocycles. The first-order chi connectivity index (χ1) is 9.59. The topological polar surface area (TPSA) is 72.2 Å². The molecule has 5 heteroatoms. The van der Waals surface area contributed by atoms with Gasteiger partial charge in [-0.05, 0) is 48.6 Å². The second-order valence-electron chi connectivity index (χ2n) is 6.05. The number of benzene rings is 1. The van der Waals surface area contributed by atoms with Gasteiger partial charge < -0.3 is 5.73 Å². The smallest absolute Gasteiger partial charge is 0.216 e. The molecule has 2 aliphatic rings. The van der Waals surface area contributed by atoms with Crippen LogP contribution >= 0.6 is 0 Å². The van der Waals surface area contributed by atoms with Crippen LogP contribution in [-0.4, -0.2) is 14.5 Å². The Labute approximate surface area is 120 Å². The molecule has 3 rings (SSSR count). The third kappa shape index (κ3) is 3.40. The predicted molar refractivity (Wildman–Crippen MR) is 79.3 cm³/mol. The van der Waals surface area contributed by atoms with Crippen LogP contribution in [0.3, 0.4) is 0 Å². The summed E-state index contributed by atoms with van der Waals surface area (Å²) in [7, 11) is -3.28. The molecule has 0 radical (unpaired) electrons. The Morgan fingerprint density at radius 2 is 1.65 bits per heavy atom. The number of sulfonamides is 1. The summed E-state index contributed by atoms with van der Waals surface area (Å²) < 4.78 is 27.7. The molecule has 4 nitrogen and oxygen atoms in total. The molecule has 0 unspecified atom stereocenters. The van der Waals surface area contributed by atoms with Gasteiger partial charge in [-0.2, -0.15) is 0 Å². The second-order valence-corrected chi connectivity index (χ2v) is 7.80. The van der Waals surface area contributed by atoms with E-state index in [0.29, 0.717) is 18.4 Å². The first kappa shape index (κ1) is 14.0. The molecule has 0 amide bonds. The van der Waals surface area contributed by atoms with Crippen LogP contribution in [0.25, 0.3) is 0 Å². The normalized spacial score (nSPS) is 19.5. The van der Waals surface area contributed by atoms with Crippen LogP contribution in [0.1, 0.15) is 36.8 Å². The Morgan fingerprint density at radius 1 is 1.10 bits per heavy atom. The molecular formula is C15H22N2O2S. The van der Waals surface area contributed by atoms with Crippen molar-refractivity contribution in [2.45, 2.75) is 44.0 Å². The Bertz CT molecular complexity index is 565. The third-order valence-corrected chi connectivity index (χ3v) is 5.58. The summed E-state index contributed by atoms with van der Waals surface area (Å²) in [6, 6.07) is 7.67. The van der Waals surface area contributed by atoms with E-state index in [2.05, 4.69) is 4.72 Å². The molecular weight excluding hydrogens is 272 g/mol. The zero-order valence-corrected chi connectivity index (χ0v) is 12.4. The Hall–Kier alpha value is -0.910. The molecule has 1 aromatic rings. The van der Waals surface area contributed by atoms with Crippen molar-refractivity contribution in [1.82, 2.24) is 4.72 Å². The van der Waals surface area contributed by atoms with Gasteiger partial charge in [-0.1, -0.05) is 24.3 Å². The SMILES string of the molecule is NCc1ccccc1CS(=O)(=O)NC(C1CC1)C1CC1. The molecule has 2 fully saturated rings. The van der Waals surface area contributed by atoms with E-state index in [9.17, 15) is 8.42 Å². The van der Waals surface area contributed by atoms with Crippen molar-refractivity contribution in [2.75, 3.05) is 0 Å². The number of hydrogen-bond donors (Lipinski definition) is 2. The van der Waals surface area contributed by atoms with Crippen molar-refractivity contribution in [2.24, 2.45) is 17.6 Å². The zero-order valence-electron chi connectivity index (χ0n) is 11.6. The summed E-state index contributed by atoms with van der Waals surface area (Å²) in [4.78, 5) is 0. The maximum absolute atomic E-state index is 12.4. The monoisotopic (exact) mass is 294 g/mol. The van der Waals surface area contributed by atoms with Crippen molar-refractivity contribution in [1.29, 1.82) is 0 Å². The van der Waals surface area contributed by atoms with Crippen molar-refractivity contribution >= 4 is 10.0 Å². The lowest BCUT2D eigenvalue weighted by Gasteiger charge is -2.18. The van der Waals surface area contributed by atoms with E-state index in [1.54, 1.807) is 0 Å². The minimum absolute atomic E-state index is 0.0380. The lowest BCUT2D eigenvalue weighted by Crippen LogP contribution is -2.38. The van der Waals surface area contributed by atoms with Gasteiger partial charge >= 0.3 is 0 Å². The summed E-state index contributed by atoms with van der Waals surface area (Å²) in [6.07, 6.45) is 4.68. The zero-order chi connectivity index (χ0) is 14.2. The number of hydrogen-bond acceptors (Lipinski definition) is 3. The minimum Gasteiger partial charge on any atom is -0.326 e. The first-order valence-electron chi connectivity index (χ1n) is 7.36. The highest BCUT2D eigenvalue weighted by molar-refractivity contribution is 7.88. The number of nitrogens with two attached hydrogens (primary N) is 1. The Morgan fingerprint density at radius 3 is 2.15 bits per heavy atom.